The molecule has 1 saturated heterocycles. The Morgan fingerprint density at radius 1 is 1.57 bits per heavy atom. The van der Waals surface area contributed by atoms with Crippen LogP contribution in [0.15, 0.2) is 0 Å². The highest BCUT2D eigenvalue weighted by Gasteiger charge is 2.30. The van der Waals surface area contributed by atoms with E-state index in [1.807, 2.05) is 6.92 Å². The molecule has 1 heterocycles. The second-order valence-electron chi connectivity index (χ2n) is 4.54. The van der Waals surface area contributed by atoms with Gasteiger partial charge in [-0.15, -0.1) is 0 Å². The van der Waals surface area contributed by atoms with Gasteiger partial charge in [0.15, 0.2) is 0 Å². The summed E-state index contributed by atoms with van der Waals surface area (Å²) < 4.78 is 0. The number of likely N-dealkylation sites (tertiary alicyclic amines) is 1. The van der Waals surface area contributed by atoms with Crippen LogP contribution in [0.3, 0.4) is 0 Å². The van der Waals surface area contributed by atoms with Gasteiger partial charge in [-0.05, 0) is 38.6 Å². The van der Waals surface area contributed by atoms with E-state index in [1.165, 1.54) is 12.8 Å². The molecule has 0 bridgehead atoms. The molecule has 3 nitrogen and oxygen atoms in total. The fourth-order valence-electron chi connectivity index (χ4n) is 2.49. The van der Waals surface area contributed by atoms with Crippen LogP contribution < -0.4 is 5.73 Å². The Labute approximate surface area is 86.6 Å². The first-order valence-electron chi connectivity index (χ1n) is 5.61. The predicted molar refractivity (Wildman–Crippen MR) is 57.8 cm³/mol. The topological polar surface area (TPSA) is 46.3 Å². The maximum Gasteiger partial charge on any atom is 0.234 e. The molecule has 1 rings (SSSR count). The van der Waals surface area contributed by atoms with Gasteiger partial charge >= 0.3 is 0 Å². The molecule has 3 atom stereocenters. The van der Waals surface area contributed by atoms with Crippen molar-refractivity contribution in [2.24, 2.45) is 11.7 Å². The molecular formula is C11H22N2O. The van der Waals surface area contributed by atoms with E-state index in [0.717, 1.165) is 18.9 Å². The highest BCUT2D eigenvalue weighted by molar-refractivity contribution is 5.79. The summed E-state index contributed by atoms with van der Waals surface area (Å²) in [5.74, 6) is 0.612. The second kappa shape index (κ2) is 4.78. The largest absolute Gasteiger partial charge is 0.368 e. The van der Waals surface area contributed by atoms with E-state index in [4.69, 9.17) is 5.73 Å². The van der Waals surface area contributed by atoms with E-state index in [1.54, 1.807) is 0 Å². The number of nitrogens with two attached hydrogens (primary N) is 1. The van der Waals surface area contributed by atoms with Gasteiger partial charge in [-0.1, -0.05) is 13.8 Å². The summed E-state index contributed by atoms with van der Waals surface area (Å²) in [6.07, 6.45) is 3.20. The summed E-state index contributed by atoms with van der Waals surface area (Å²) in [5, 5.41) is 0. The number of hydrogen-bond donors (Lipinski definition) is 1. The maximum atomic E-state index is 11.2. The Morgan fingerprint density at radius 2 is 2.21 bits per heavy atom. The molecule has 0 radical (unpaired) electrons. The number of rotatable bonds is 3. The molecular weight excluding hydrogens is 176 g/mol. The smallest absolute Gasteiger partial charge is 0.234 e. The van der Waals surface area contributed by atoms with E-state index < -0.39 is 0 Å². The van der Waals surface area contributed by atoms with Crippen molar-refractivity contribution < 1.29 is 4.79 Å². The van der Waals surface area contributed by atoms with Crippen LogP contribution in [-0.4, -0.2) is 29.4 Å². The molecule has 1 fully saturated rings. The van der Waals surface area contributed by atoms with Gasteiger partial charge in [0.2, 0.25) is 5.91 Å². The molecule has 2 N–H and O–H groups in total. The van der Waals surface area contributed by atoms with Crippen molar-refractivity contribution in [1.82, 2.24) is 4.90 Å². The first-order chi connectivity index (χ1) is 6.56. The second-order valence-corrected chi connectivity index (χ2v) is 4.54. The minimum atomic E-state index is -0.172. The summed E-state index contributed by atoms with van der Waals surface area (Å²) in [6.45, 7) is 7.52. The fourth-order valence-corrected chi connectivity index (χ4v) is 2.49. The lowest BCUT2D eigenvalue weighted by Gasteiger charge is -2.40. The van der Waals surface area contributed by atoms with Crippen LogP contribution in [0, 0.1) is 5.92 Å². The average molecular weight is 198 g/mol. The molecule has 0 aromatic heterocycles. The lowest BCUT2D eigenvalue weighted by molar-refractivity contribution is -0.125. The van der Waals surface area contributed by atoms with Gasteiger partial charge in [-0.3, -0.25) is 9.69 Å². The monoisotopic (exact) mass is 198 g/mol. The summed E-state index contributed by atoms with van der Waals surface area (Å²) >= 11 is 0. The highest BCUT2D eigenvalue weighted by Crippen LogP contribution is 2.24. The number of hydrogen-bond acceptors (Lipinski definition) is 2. The van der Waals surface area contributed by atoms with Crippen molar-refractivity contribution in [2.45, 2.75) is 52.1 Å². The standard InChI is InChI=1S/C11H22N2O/c1-4-10(11(12)14)13-6-5-8(2)7-9(13)3/h8-10H,4-7H2,1-3H3,(H2,12,14). The molecule has 0 spiro atoms. The van der Waals surface area contributed by atoms with Gasteiger partial charge < -0.3 is 5.73 Å². The van der Waals surface area contributed by atoms with Crippen molar-refractivity contribution in [3.05, 3.63) is 0 Å². The molecule has 82 valence electrons. The number of amides is 1. The van der Waals surface area contributed by atoms with Gasteiger partial charge in [0.05, 0.1) is 6.04 Å². The molecule has 14 heavy (non-hydrogen) atoms. The third-order valence-corrected chi connectivity index (χ3v) is 3.31. The third-order valence-electron chi connectivity index (χ3n) is 3.31. The summed E-state index contributed by atoms with van der Waals surface area (Å²) in [4.78, 5) is 13.5. The minimum absolute atomic E-state index is 0.0579. The Morgan fingerprint density at radius 3 is 2.64 bits per heavy atom. The zero-order valence-electron chi connectivity index (χ0n) is 9.49. The first-order valence-corrected chi connectivity index (χ1v) is 5.61. The van der Waals surface area contributed by atoms with Crippen molar-refractivity contribution in [2.75, 3.05) is 6.54 Å². The molecule has 1 aliphatic rings. The van der Waals surface area contributed by atoms with Gasteiger partial charge in [0.25, 0.3) is 0 Å². The normalized spacial score (nSPS) is 31.4. The van der Waals surface area contributed by atoms with E-state index in [-0.39, 0.29) is 11.9 Å². The predicted octanol–water partition coefficient (Wildman–Crippen LogP) is 1.37. The van der Waals surface area contributed by atoms with Crippen molar-refractivity contribution in [3.63, 3.8) is 0 Å². The number of nitrogens with zero attached hydrogens (tertiary/aromatic N) is 1. The maximum absolute atomic E-state index is 11.2. The van der Waals surface area contributed by atoms with Gasteiger partial charge in [-0.25, -0.2) is 0 Å². The summed E-state index contributed by atoms with van der Waals surface area (Å²) in [7, 11) is 0. The Hall–Kier alpha value is -0.570. The molecule has 0 aliphatic carbocycles. The molecule has 1 aliphatic heterocycles. The summed E-state index contributed by atoms with van der Waals surface area (Å²) in [5.41, 5.74) is 5.39. The third kappa shape index (κ3) is 2.47. The number of carbonyl (C=O) groups is 1. The highest BCUT2D eigenvalue weighted by atomic mass is 16.1. The number of piperidine rings is 1. The van der Waals surface area contributed by atoms with Crippen molar-refractivity contribution in [1.29, 1.82) is 0 Å². The number of carbonyl (C=O) groups excluding carboxylic acids is 1. The Balaban J connectivity index is 2.62. The van der Waals surface area contributed by atoms with E-state index in [9.17, 15) is 4.79 Å². The van der Waals surface area contributed by atoms with Crippen LogP contribution in [0.25, 0.3) is 0 Å². The van der Waals surface area contributed by atoms with Crippen LogP contribution in [-0.2, 0) is 4.79 Å². The molecule has 0 aromatic carbocycles. The van der Waals surface area contributed by atoms with Gasteiger partial charge in [0, 0.05) is 6.04 Å². The molecule has 3 unspecified atom stereocenters. The SMILES string of the molecule is CCC(C(N)=O)N1CCC(C)CC1C. The molecule has 0 saturated carbocycles. The zero-order valence-corrected chi connectivity index (χ0v) is 9.49. The molecule has 1 amide bonds. The lowest BCUT2D eigenvalue weighted by atomic mass is 9.91. The van der Waals surface area contributed by atoms with Crippen molar-refractivity contribution in [3.8, 4) is 0 Å². The summed E-state index contributed by atoms with van der Waals surface area (Å²) in [6, 6.07) is 0.439. The van der Waals surface area contributed by atoms with Crippen LogP contribution >= 0.6 is 0 Å². The lowest BCUT2D eigenvalue weighted by Crippen LogP contribution is -2.51. The van der Waals surface area contributed by atoms with Crippen LogP contribution in [0.2, 0.25) is 0 Å². The molecule has 3 heteroatoms. The van der Waals surface area contributed by atoms with E-state index in [2.05, 4.69) is 18.7 Å². The fraction of sp³-hybridized carbons (Fsp3) is 0.909. The Kier molecular flexibility index (Phi) is 3.93. The van der Waals surface area contributed by atoms with Crippen LogP contribution in [0.4, 0.5) is 0 Å². The minimum Gasteiger partial charge on any atom is -0.368 e. The first kappa shape index (κ1) is 11.5. The van der Waals surface area contributed by atoms with Gasteiger partial charge in [0.1, 0.15) is 0 Å². The van der Waals surface area contributed by atoms with E-state index >= 15 is 0 Å². The zero-order chi connectivity index (χ0) is 10.7. The quantitative estimate of drug-likeness (QED) is 0.744. The van der Waals surface area contributed by atoms with Crippen molar-refractivity contribution >= 4 is 5.91 Å². The number of primary amides is 1. The van der Waals surface area contributed by atoms with E-state index in [0.29, 0.717) is 6.04 Å². The van der Waals surface area contributed by atoms with Crippen LogP contribution in [0.5, 0.6) is 0 Å². The average Bonchev–Trinajstić information content (AvgIpc) is 2.09. The Bertz CT molecular complexity index is 205. The van der Waals surface area contributed by atoms with Gasteiger partial charge in [-0.2, -0.15) is 0 Å². The molecule has 0 aromatic rings. The van der Waals surface area contributed by atoms with Crippen LogP contribution in [0.1, 0.15) is 40.0 Å².